The van der Waals surface area contributed by atoms with Crippen LogP contribution in [-0.4, -0.2) is 30.8 Å². The maximum Gasteiger partial charge on any atom is 0.357 e. The van der Waals surface area contributed by atoms with Crippen LogP contribution in [0.5, 0.6) is 0 Å². The van der Waals surface area contributed by atoms with Gasteiger partial charge in [0, 0.05) is 6.61 Å². The number of ether oxygens (including phenoxy) is 2. The molecular weight excluding hydrogens is 262 g/mol. The Kier molecular flexibility index (Phi) is 5.28. The Hall–Kier alpha value is -0.940. The van der Waals surface area contributed by atoms with Crippen molar-refractivity contribution in [2.45, 2.75) is 6.92 Å². The van der Waals surface area contributed by atoms with Gasteiger partial charge < -0.3 is 9.47 Å². The van der Waals surface area contributed by atoms with Crippen LogP contribution in [0.2, 0.25) is 0 Å². The van der Waals surface area contributed by atoms with E-state index in [0.717, 1.165) is 0 Å². The highest BCUT2D eigenvalue weighted by molar-refractivity contribution is 9.10. The molecule has 0 amide bonds. The van der Waals surface area contributed by atoms with Gasteiger partial charge in [-0.25, -0.2) is 9.78 Å². The van der Waals surface area contributed by atoms with E-state index in [1.54, 1.807) is 18.2 Å². The van der Waals surface area contributed by atoms with E-state index < -0.39 is 5.97 Å². The lowest BCUT2D eigenvalue weighted by Crippen LogP contribution is -2.12. The molecule has 1 aromatic rings. The first-order valence-electron chi connectivity index (χ1n) is 4.61. The third-order valence-corrected chi connectivity index (χ3v) is 2.03. The van der Waals surface area contributed by atoms with Crippen molar-refractivity contribution in [1.29, 1.82) is 0 Å². The third kappa shape index (κ3) is 4.40. The summed E-state index contributed by atoms with van der Waals surface area (Å²) >= 11 is 3.18. The fourth-order valence-electron chi connectivity index (χ4n) is 0.934. The van der Waals surface area contributed by atoms with Crippen molar-refractivity contribution in [2.24, 2.45) is 0 Å². The lowest BCUT2D eigenvalue weighted by atomic mass is 10.3. The number of hydrogen-bond donors (Lipinski definition) is 0. The fourth-order valence-corrected chi connectivity index (χ4v) is 1.28. The molecule has 4 nitrogen and oxygen atoms in total. The summed E-state index contributed by atoms with van der Waals surface area (Å²) in [4.78, 5) is 15.4. The molecule has 0 N–H and O–H groups in total. The summed E-state index contributed by atoms with van der Waals surface area (Å²) in [7, 11) is 0. The molecule has 0 aromatic carbocycles. The van der Waals surface area contributed by atoms with E-state index in [-0.39, 0.29) is 6.61 Å². The Morgan fingerprint density at radius 3 is 2.93 bits per heavy atom. The van der Waals surface area contributed by atoms with Gasteiger partial charge in [0.25, 0.3) is 0 Å². The van der Waals surface area contributed by atoms with Crippen LogP contribution < -0.4 is 0 Å². The number of nitrogens with zero attached hydrogens (tertiary/aromatic N) is 1. The minimum Gasteiger partial charge on any atom is -0.459 e. The van der Waals surface area contributed by atoms with Gasteiger partial charge >= 0.3 is 5.97 Å². The normalized spacial score (nSPS) is 10.0. The smallest absolute Gasteiger partial charge is 0.357 e. The van der Waals surface area contributed by atoms with Crippen LogP contribution in [0.3, 0.4) is 0 Å². The van der Waals surface area contributed by atoms with Gasteiger partial charge in [0.2, 0.25) is 0 Å². The molecule has 0 atom stereocenters. The van der Waals surface area contributed by atoms with E-state index >= 15 is 0 Å². The standard InChI is InChI=1S/C10H12BrNO3/c1-2-14-6-7-15-10(13)8-4-3-5-9(11)12-8/h3-5H,2,6-7H2,1H3. The van der Waals surface area contributed by atoms with Crippen molar-refractivity contribution in [2.75, 3.05) is 19.8 Å². The van der Waals surface area contributed by atoms with Crippen LogP contribution in [-0.2, 0) is 9.47 Å². The number of halogens is 1. The Bertz CT molecular complexity index is 330. The number of esters is 1. The first-order chi connectivity index (χ1) is 7.24. The number of carbonyl (C=O) groups excluding carboxylic acids is 1. The second-order valence-electron chi connectivity index (χ2n) is 2.68. The minimum atomic E-state index is -0.434. The van der Waals surface area contributed by atoms with Crippen LogP contribution in [0.15, 0.2) is 22.8 Å². The molecule has 0 bridgehead atoms. The highest BCUT2D eigenvalue weighted by Gasteiger charge is 2.08. The monoisotopic (exact) mass is 273 g/mol. The molecule has 15 heavy (non-hydrogen) atoms. The highest BCUT2D eigenvalue weighted by atomic mass is 79.9. The zero-order chi connectivity index (χ0) is 11.1. The molecule has 1 heterocycles. The number of rotatable bonds is 5. The van der Waals surface area contributed by atoms with Gasteiger partial charge in [0.15, 0.2) is 0 Å². The molecule has 0 radical (unpaired) electrons. The summed E-state index contributed by atoms with van der Waals surface area (Å²) in [6.07, 6.45) is 0. The maximum absolute atomic E-state index is 11.4. The lowest BCUT2D eigenvalue weighted by molar-refractivity contribution is 0.0329. The van der Waals surface area contributed by atoms with Crippen molar-refractivity contribution in [1.82, 2.24) is 4.98 Å². The zero-order valence-corrected chi connectivity index (χ0v) is 9.99. The molecule has 0 saturated carbocycles. The van der Waals surface area contributed by atoms with Crippen molar-refractivity contribution < 1.29 is 14.3 Å². The summed E-state index contributed by atoms with van der Waals surface area (Å²) in [6, 6.07) is 5.08. The van der Waals surface area contributed by atoms with Crippen molar-refractivity contribution in [3.63, 3.8) is 0 Å². The van der Waals surface area contributed by atoms with Crippen molar-refractivity contribution in [3.05, 3.63) is 28.5 Å². The zero-order valence-electron chi connectivity index (χ0n) is 8.40. The van der Waals surface area contributed by atoms with Gasteiger partial charge in [0.05, 0.1) is 6.61 Å². The summed E-state index contributed by atoms with van der Waals surface area (Å²) < 4.78 is 10.6. The van der Waals surface area contributed by atoms with E-state index in [1.165, 1.54) is 0 Å². The Morgan fingerprint density at radius 1 is 1.47 bits per heavy atom. The second kappa shape index (κ2) is 6.53. The van der Waals surface area contributed by atoms with Gasteiger partial charge in [-0.3, -0.25) is 0 Å². The number of aromatic nitrogens is 1. The summed E-state index contributed by atoms with van der Waals surface area (Å²) in [5.41, 5.74) is 0.292. The number of hydrogen-bond acceptors (Lipinski definition) is 4. The molecule has 0 spiro atoms. The summed E-state index contributed by atoms with van der Waals surface area (Å²) in [5, 5.41) is 0. The molecule has 0 unspecified atom stereocenters. The largest absolute Gasteiger partial charge is 0.459 e. The first kappa shape index (κ1) is 12.1. The Morgan fingerprint density at radius 2 is 2.27 bits per heavy atom. The van der Waals surface area contributed by atoms with Gasteiger partial charge in [-0.15, -0.1) is 0 Å². The van der Waals surface area contributed by atoms with E-state index in [0.29, 0.717) is 23.5 Å². The van der Waals surface area contributed by atoms with E-state index in [1.807, 2.05) is 6.92 Å². The van der Waals surface area contributed by atoms with Crippen molar-refractivity contribution in [3.8, 4) is 0 Å². The van der Waals surface area contributed by atoms with Gasteiger partial charge in [-0.1, -0.05) is 6.07 Å². The van der Waals surface area contributed by atoms with Gasteiger partial charge in [0.1, 0.15) is 16.9 Å². The molecule has 82 valence electrons. The van der Waals surface area contributed by atoms with Crippen molar-refractivity contribution >= 4 is 21.9 Å². The van der Waals surface area contributed by atoms with Gasteiger partial charge in [-0.05, 0) is 35.0 Å². The molecule has 1 rings (SSSR count). The second-order valence-corrected chi connectivity index (χ2v) is 3.49. The van der Waals surface area contributed by atoms with Crippen LogP contribution in [0.1, 0.15) is 17.4 Å². The third-order valence-electron chi connectivity index (χ3n) is 1.59. The lowest BCUT2D eigenvalue weighted by Gasteiger charge is -2.04. The van der Waals surface area contributed by atoms with E-state index in [4.69, 9.17) is 9.47 Å². The van der Waals surface area contributed by atoms with Crippen LogP contribution >= 0.6 is 15.9 Å². The van der Waals surface area contributed by atoms with E-state index in [2.05, 4.69) is 20.9 Å². The fraction of sp³-hybridized carbons (Fsp3) is 0.400. The molecule has 0 aliphatic carbocycles. The molecule has 0 fully saturated rings. The average Bonchev–Trinajstić information content (AvgIpc) is 2.24. The molecule has 0 aliphatic rings. The maximum atomic E-state index is 11.4. The first-order valence-corrected chi connectivity index (χ1v) is 5.40. The number of carbonyl (C=O) groups is 1. The molecule has 5 heteroatoms. The molecule has 0 aliphatic heterocycles. The van der Waals surface area contributed by atoms with Gasteiger partial charge in [-0.2, -0.15) is 0 Å². The number of pyridine rings is 1. The van der Waals surface area contributed by atoms with Crippen LogP contribution in [0.4, 0.5) is 0 Å². The van der Waals surface area contributed by atoms with E-state index in [9.17, 15) is 4.79 Å². The SMILES string of the molecule is CCOCCOC(=O)c1cccc(Br)n1. The molecule has 1 aromatic heterocycles. The van der Waals surface area contributed by atoms with Crippen LogP contribution in [0.25, 0.3) is 0 Å². The summed E-state index contributed by atoms with van der Waals surface area (Å²) in [5.74, 6) is -0.434. The van der Waals surface area contributed by atoms with Crippen LogP contribution in [0, 0.1) is 0 Å². The predicted octanol–water partition coefficient (Wildman–Crippen LogP) is 2.04. The summed E-state index contributed by atoms with van der Waals surface area (Å²) in [6.45, 7) is 3.17. The Labute approximate surface area is 96.7 Å². The minimum absolute atomic E-state index is 0.251. The molecular formula is C10H12BrNO3. The Balaban J connectivity index is 2.40. The topological polar surface area (TPSA) is 48.4 Å². The predicted molar refractivity (Wildman–Crippen MR) is 58.7 cm³/mol. The average molecular weight is 274 g/mol. The quantitative estimate of drug-likeness (QED) is 0.468. The highest BCUT2D eigenvalue weighted by Crippen LogP contribution is 2.07. The molecule has 0 saturated heterocycles.